The van der Waals surface area contributed by atoms with Crippen LogP contribution in [0, 0.1) is 11.3 Å². The van der Waals surface area contributed by atoms with E-state index < -0.39 is 72.2 Å². The zero-order valence-corrected chi connectivity index (χ0v) is 33.4. The van der Waals surface area contributed by atoms with Crippen LogP contribution in [0.15, 0.2) is 12.3 Å². The van der Waals surface area contributed by atoms with Crippen molar-refractivity contribution >= 4 is 51.7 Å². The highest BCUT2D eigenvalue weighted by Crippen LogP contribution is 2.44. The molecule has 0 spiro atoms. The minimum Gasteiger partial charge on any atom is -0.438 e. The molecule has 1 aliphatic carbocycles. The number of pyridine rings is 1. The van der Waals surface area contributed by atoms with E-state index in [1.54, 1.807) is 6.07 Å². The van der Waals surface area contributed by atoms with E-state index in [9.17, 15) is 42.5 Å². The van der Waals surface area contributed by atoms with Crippen LogP contribution in [-0.2, 0) is 33.2 Å². The third-order valence-electron chi connectivity index (χ3n) is 9.96. The second-order valence-corrected chi connectivity index (χ2v) is 19.2. The molecule has 18 heteroatoms. The Kier molecular flexibility index (Phi) is 17.5. The van der Waals surface area contributed by atoms with Gasteiger partial charge in [0.2, 0.25) is 6.79 Å². The third-order valence-corrected chi connectivity index (χ3v) is 14.5. The van der Waals surface area contributed by atoms with Crippen LogP contribution in [0.4, 0.5) is 10.1 Å². The quantitative estimate of drug-likeness (QED) is 0.0261. The molecular formula is C36H55ClFN4O10PS. The molecule has 1 saturated heterocycles. The van der Waals surface area contributed by atoms with Gasteiger partial charge >= 0.3 is 13.6 Å². The molecule has 1 unspecified atom stereocenters. The van der Waals surface area contributed by atoms with Crippen molar-refractivity contribution in [1.82, 2.24) is 9.55 Å². The Balaban J connectivity index is 1.17. The number of nitriles is 1. The number of aliphatic hydroxyl groups excluding tert-OH is 2. The molecule has 2 aromatic heterocycles. The highest BCUT2D eigenvalue weighted by Gasteiger charge is 2.47. The summed E-state index contributed by atoms with van der Waals surface area (Å²) in [5, 5.41) is 34.6. The first kappa shape index (κ1) is 44.4. The second kappa shape index (κ2) is 21.3. The van der Waals surface area contributed by atoms with E-state index in [-0.39, 0.29) is 41.7 Å². The molecule has 4 N–H and O–H groups in total. The predicted molar refractivity (Wildman–Crippen MR) is 202 cm³/mol. The summed E-state index contributed by atoms with van der Waals surface area (Å²) in [4.78, 5) is 26.5. The largest absolute Gasteiger partial charge is 0.438 e. The average Bonchev–Trinajstić information content (AvgIpc) is 3.62. The van der Waals surface area contributed by atoms with E-state index in [0.29, 0.717) is 17.5 Å². The van der Waals surface area contributed by atoms with Crippen LogP contribution in [0.2, 0.25) is 5.15 Å². The molecule has 1 aliphatic heterocycles. The molecule has 304 valence electrons. The second-order valence-electron chi connectivity index (χ2n) is 14.5. The zero-order chi connectivity index (χ0) is 39.3. The lowest BCUT2D eigenvalue weighted by atomic mass is 9.90. The summed E-state index contributed by atoms with van der Waals surface area (Å²) in [6.45, 7) is 1.32. The number of aliphatic hydroxyl groups is 2. The normalized spacial score (nSPS) is 23.9. The number of anilines is 1. The Hall–Kier alpha value is -2.35. The molecule has 2 fully saturated rings. The molecule has 0 bridgehead atoms. The van der Waals surface area contributed by atoms with Crippen LogP contribution in [-0.4, -0.2) is 87.6 Å². The fourth-order valence-corrected chi connectivity index (χ4v) is 10.8. The number of halogens is 2. The van der Waals surface area contributed by atoms with E-state index in [1.807, 2.05) is 6.07 Å². The van der Waals surface area contributed by atoms with Crippen LogP contribution >= 0.6 is 19.2 Å². The van der Waals surface area contributed by atoms with Gasteiger partial charge in [0.1, 0.15) is 41.8 Å². The van der Waals surface area contributed by atoms with Crippen molar-refractivity contribution in [2.24, 2.45) is 0 Å². The first-order valence-electron chi connectivity index (χ1n) is 19.1. The molecule has 2 aliphatic rings. The fourth-order valence-electron chi connectivity index (χ4n) is 6.86. The van der Waals surface area contributed by atoms with Crippen molar-refractivity contribution in [3.05, 3.63) is 23.0 Å². The number of hydrogen-bond acceptors (Lipinski definition) is 12. The van der Waals surface area contributed by atoms with Gasteiger partial charge in [-0.25, -0.2) is 17.8 Å². The Labute approximate surface area is 322 Å². The molecule has 14 nitrogen and oxygen atoms in total. The highest BCUT2D eigenvalue weighted by molar-refractivity contribution is 7.97. The summed E-state index contributed by atoms with van der Waals surface area (Å²) in [6, 6.07) is 3.31. The first-order valence-corrected chi connectivity index (χ1v) is 23.1. The van der Waals surface area contributed by atoms with E-state index >= 15 is 0 Å². The molecule has 3 heterocycles. The van der Waals surface area contributed by atoms with Gasteiger partial charge in [0, 0.05) is 24.0 Å². The van der Waals surface area contributed by atoms with Gasteiger partial charge in [0.25, 0.3) is 0 Å². The Morgan fingerprint density at radius 3 is 2.24 bits per heavy atom. The summed E-state index contributed by atoms with van der Waals surface area (Å²) in [5.41, 5.74) is -0.851. The smallest absolute Gasteiger partial charge is 0.346 e. The maximum absolute atomic E-state index is 13.5. The molecule has 54 heavy (non-hydrogen) atoms. The van der Waals surface area contributed by atoms with E-state index in [1.165, 1.54) is 75.0 Å². The molecule has 1 saturated carbocycles. The van der Waals surface area contributed by atoms with Gasteiger partial charge in [-0.05, 0) is 25.3 Å². The minimum atomic E-state index is -4.80. The number of alkyl halides is 1. The lowest BCUT2D eigenvalue weighted by Crippen LogP contribution is -2.36. The number of hydrogen-bond donors (Lipinski definition) is 4. The van der Waals surface area contributed by atoms with Crippen molar-refractivity contribution in [2.45, 2.75) is 153 Å². The molecule has 0 amide bonds. The lowest BCUT2D eigenvalue weighted by molar-refractivity contribution is -0.150. The Bertz CT molecular complexity index is 1720. The number of nitrogens with zero attached hydrogens (tertiary/aromatic N) is 3. The van der Waals surface area contributed by atoms with Crippen molar-refractivity contribution in [3.63, 3.8) is 0 Å². The van der Waals surface area contributed by atoms with Gasteiger partial charge in [0.15, 0.2) is 26.7 Å². The Morgan fingerprint density at radius 1 is 1.07 bits per heavy atom. The van der Waals surface area contributed by atoms with Gasteiger partial charge in [-0.1, -0.05) is 102 Å². The third kappa shape index (κ3) is 13.1. The number of aromatic nitrogens is 2. The van der Waals surface area contributed by atoms with Crippen LogP contribution in [0.25, 0.3) is 11.0 Å². The topological polar surface area (TPSA) is 210 Å². The minimum absolute atomic E-state index is 0.0385. The van der Waals surface area contributed by atoms with Crippen LogP contribution in [0.3, 0.4) is 0 Å². The predicted octanol–water partition coefficient (Wildman–Crippen LogP) is 7.04. The number of fused-ring (bicyclic) bond motifs is 1. The number of unbranched alkanes of at least 4 members (excludes halogenated alkanes) is 13. The SMILES string of the molecule is CCCCCCCCCCCCCCCCC(=O)OCOP(=O)(O)CS(=O)(=O)C[C@H]1O[C@@H](n2ccc3c(NC4CC(F)C4)c(C#N)c(Cl)nc32)[C@H](O)[C@@H]1O. The van der Waals surface area contributed by atoms with Gasteiger partial charge in [0.05, 0.1) is 11.4 Å². The number of carbonyl (C=O) groups is 1. The molecular weight excluding hydrogens is 766 g/mol. The average molecular weight is 821 g/mol. The maximum atomic E-state index is 13.5. The van der Waals surface area contributed by atoms with Crippen molar-refractivity contribution in [2.75, 3.05) is 23.4 Å². The number of esters is 1. The number of rotatable bonds is 25. The number of carbonyl (C=O) groups excluding carboxylic acids is 1. The van der Waals surface area contributed by atoms with Crippen molar-refractivity contribution < 1.29 is 51.3 Å². The van der Waals surface area contributed by atoms with Gasteiger partial charge < -0.3 is 34.5 Å². The molecule has 2 aromatic rings. The number of ether oxygens (including phenoxy) is 2. The molecule has 4 rings (SSSR count). The molecule has 0 radical (unpaired) electrons. The maximum Gasteiger partial charge on any atom is 0.346 e. The highest BCUT2D eigenvalue weighted by atomic mass is 35.5. The number of sulfone groups is 1. The summed E-state index contributed by atoms with van der Waals surface area (Å²) >= 11 is 6.30. The Morgan fingerprint density at radius 2 is 1.67 bits per heavy atom. The van der Waals surface area contributed by atoms with E-state index in [4.69, 9.17) is 25.6 Å². The summed E-state index contributed by atoms with van der Waals surface area (Å²) in [7, 11) is -9.24. The van der Waals surface area contributed by atoms with E-state index in [0.717, 1.165) is 19.3 Å². The van der Waals surface area contributed by atoms with Gasteiger partial charge in [-0.2, -0.15) is 5.26 Å². The lowest BCUT2D eigenvalue weighted by Gasteiger charge is -2.31. The van der Waals surface area contributed by atoms with Crippen molar-refractivity contribution in [1.29, 1.82) is 5.26 Å². The zero-order valence-electron chi connectivity index (χ0n) is 30.9. The molecule has 0 aromatic carbocycles. The van der Waals surface area contributed by atoms with Crippen LogP contribution < -0.4 is 5.32 Å². The summed E-state index contributed by atoms with van der Waals surface area (Å²) in [6.07, 6.45) is 11.2. The summed E-state index contributed by atoms with van der Waals surface area (Å²) in [5.74, 6) is -1.57. The summed E-state index contributed by atoms with van der Waals surface area (Å²) < 4.78 is 68.7. The van der Waals surface area contributed by atoms with Gasteiger partial charge in [-0.3, -0.25) is 13.9 Å². The number of nitrogens with one attached hydrogen (secondary N) is 1. The van der Waals surface area contributed by atoms with E-state index in [2.05, 4.69) is 17.2 Å². The van der Waals surface area contributed by atoms with Crippen LogP contribution in [0.1, 0.15) is 128 Å². The van der Waals surface area contributed by atoms with Crippen molar-refractivity contribution in [3.8, 4) is 6.07 Å². The standard InChI is InChI=1S/C36H55ClFN4O10PS/c1-2-3-4-5-6-7-8-9-10-11-12-13-14-15-16-30(43)50-23-51-53(46,47)24-54(48,49)22-29-32(44)33(45)36(52-29)42-18-17-27-31(40-26-19-25(38)20-26)28(21-39)34(37)41-35(27)42/h17-18,25-26,29,32-33,36,44-45H,2-16,19-20,22-24H2,1H3,(H,40,41)(H,46,47)/t25?,26?,29-,32-,33-,36-/m1/s1. The molecule has 5 atom stereocenters. The van der Waals surface area contributed by atoms with Gasteiger partial charge in [-0.15, -0.1) is 0 Å². The monoisotopic (exact) mass is 820 g/mol. The first-order chi connectivity index (χ1) is 25.7. The van der Waals surface area contributed by atoms with Crippen LogP contribution in [0.5, 0.6) is 0 Å². The fraction of sp³-hybridized carbons (Fsp3) is 0.750.